The van der Waals surface area contributed by atoms with E-state index >= 15 is 0 Å². The van der Waals surface area contributed by atoms with Crippen molar-refractivity contribution < 1.29 is 13.2 Å². The molecule has 0 aliphatic heterocycles. The number of nitrogens with zero attached hydrogens (tertiary/aromatic N) is 2. The summed E-state index contributed by atoms with van der Waals surface area (Å²) in [5.41, 5.74) is 5.62. The first kappa shape index (κ1) is 19.9. The van der Waals surface area contributed by atoms with Crippen molar-refractivity contribution in [1.29, 1.82) is 0 Å². The van der Waals surface area contributed by atoms with Crippen molar-refractivity contribution in [3.05, 3.63) is 46.8 Å². The summed E-state index contributed by atoms with van der Waals surface area (Å²) in [6.45, 7) is 0. The summed E-state index contributed by atoms with van der Waals surface area (Å²) in [5, 5.41) is 2.36. The van der Waals surface area contributed by atoms with Gasteiger partial charge in [0.2, 0.25) is 0 Å². The molecule has 0 unspecified atom stereocenters. The summed E-state index contributed by atoms with van der Waals surface area (Å²) in [7, 11) is -4.09. The van der Waals surface area contributed by atoms with Crippen LogP contribution in [0, 0.1) is 0 Å². The number of nitrogens with one attached hydrogen (secondary N) is 2. The average Bonchev–Trinajstić information content (AvgIpc) is 3.24. The van der Waals surface area contributed by atoms with Crippen molar-refractivity contribution in [2.24, 2.45) is 0 Å². The Labute approximate surface area is 194 Å². The third-order valence-electron chi connectivity index (χ3n) is 4.72. The van der Waals surface area contributed by atoms with E-state index in [9.17, 15) is 13.2 Å². The number of rotatable bonds is 3. The predicted octanol–water partition coefficient (Wildman–Crippen LogP) is 1.58. The smallest absolute Gasteiger partial charge is 0.307 e. The molecular weight excluding hydrogens is 379 g/mol. The molecule has 2 aliphatic rings. The van der Waals surface area contributed by atoms with Gasteiger partial charge in [-0.05, 0) is 66.8 Å². The SMILES string of the molecule is O=C(Nc1c2c(cc3c1CCC3)CCC2)NS(=O)(=O)c1ncccn1.[K]. The third-order valence-corrected chi connectivity index (χ3v) is 5.87. The van der Waals surface area contributed by atoms with Crippen LogP contribution in [-0.2, 0) is 35.7 Å². The average molecular weight is 398 g/mol. The zero-order valence-electron chi connectivity index (χ0n) is 14.6. The normalized spacial score (nSPS) is 14.9. The van der Waals surface area contributed by atoms with Crippen LogP contribution in [0.4, 0.5) is 10.5 Å². The largest absolute Gasteiger partial charge is 0.333 e. The number of amides is 2. The number of anilines is 1. The summed E-state index contributed by atoms with van der Waals surface area (Å²) < 4.78 is 26.4. The van der Waals surface area contributed by atoms with Crippen LogP contribution in [0.2, 0.25) is 0 Å². The van der Waals surface area contributed by atoms with E-state index in [0.717, 1.165) is 55.3 Å². The van der Waals surface area contributed by atoms with E-state index in [4.69, 9.17) is 0 Å². The zero-order chi connectivity index (χ0) is 17.4. The summed E-state index contributed by atoms with van der Waals surface area (Å²) in [4.78, 5) is 19.7. The van der Waals surface area contributed by atoms with Gasteiger partial charge in [0.1, 0.15) is 0 Å². The molecule has 131 valence electrons. The van der Waals surface area contributed by atoms with Crippen LogP contribution in [0.25, 0.3) is 0 Å². The van der Waals surface area contributed by atoms with Crippen molar-refractivity contribution in [2.45, 2.75) is 43.7 Å². The minimum absolute atomic E-state index is 0. The van der Waals surface area contributed by atoms with Gasteiger partial charge in [0.05, 0.1) is 0 Å². The first-order valence-corrected chi connectivity index (χ1v) is 9.80. The molecular formula is C17H18KN4O3S. The molecule has 0 saturated carbocycles. The molecule has 1 aromatic heterocycles. The topological polar surface area (TPSA) is 101 Å². The predicted molar refractivity (Wildman–Crippen MR) is 97.6 cm³/mol. The molecule has 26 heavy (non-hydrogen) atoms. The van der Waals surface area contributed by atoms with Crippen molar-refractivity contribution >= 4 is 73.1 Å². The number of benzene rings is 1. The first-order chi connectivity index (χ1) is 12.0. The van der Waals surface area contributed by atoms with Gasteiger partial charge in [-0.1, -0.05) is 6.07 Å². The molecule has 2 aromatic rings. The molecule has 0 spiro atoms. The van der Waals surface area contributed by atoms with Gasteiger partial charge in [-0.15, -0.1) is 0 Å². The Bertz CT molecular complexity index is 916. The minimum Gasteiger partial charge on any atom is -0.307 e. The van der Waals surface area contributed by atoms with E-state index in [1.165, 1.54) is 29.6 Å². The zero-order valence-corrected chi connectivity index (χ0v) is 18.5. The Morgan fingerprint density at radius 1 is 0.962 bits per heavy atom. The molecule has 9 heteroatoms. The standard InChI is InChI=1S/C17H18N4O3S.K/c22-16(21-25(23,24)17-18-8-3-9-19-17)20-15-13-6-1-4-11(13)10-12-5-2-7-14(12)15;/h3,8-10H,1-2,4-7H2,(H2,20,21,22);. The number of aromatic nitrogens is 2. The Balaban J connectivity index is 0.00000196. The van der Waals surface area contributed by atoms with Crippen LogP contribution in [0.3, 0.4) is 0 Å². The summed E-state index contributed by atoms with van der Waals surface area (Å²) in [6, 6.07) is 2.99. The van der Waals surface area contributed by atoms with E-state index in [1.807, 2.05) is 4.72 Å². The van der Waals surface area contributed by atoms with Crippen LogP contribution in [0.15, 0.2) is 29.7 Å². The fourth-order valence-corrected chi connectivity index (χ4v) is 4.48. The number of sulfonamides is 1. The van der Waals surface area contributed by atoms with Gasteiger partial charge in [-0.2, -0.15) is 8.42 Å². The maximum atomic E-state index is 12.3. The van der Waals surface area contributed by atoms with Crippen molar-refractivity contribution in [2.75, 3.05) is 5.32 Å². The van der Waals surface area contributed by atoms with Gasteiger partial charge in [0.15, 0.2) is 0 Å². The quantitative estimate of drug-likeness (QED) is 0.605. The minimum atomic E-state index is -4.09. The number of aryl methyl sites for hydroxylation is 2. The summed E-state index contributed by atoms with van der Waals surface area (Å²) in [6.07, 6.45) is 8.59. The second-order valence-electron chi connectivity index (χ2n) is 6.33. The first-order valence-electron chi connectivity index (χ1n) is 8.32. The van der Waals surface area contributed by atoms with Gasteiger partial charge in [0, 0.05) is 69.5 Å². The number of fused-ring (bicyclic) bond motifs is 2. The molecule has 4 rings (SSSR count). The number of hydrogen-bond acceptors (Lipinski definition) is 5. The molecule has 0 atom stereocenters. The van der Waals surface area contributed by atoms with Crippen LogP contribution in [-0.4, -0.2) is 75.8 Å². The van der Waals surface area contributed by atoms with E-state index in [1.54, 1.807) is 0 Å². The Kier molecular flexibility index (Phi) is 6.15. The number of hydrogen-bond donors (Lipinski definition) is 2. The summed E-state index contributed by atoms with van der Waals surface area (Å²) in [5.74, 6) is 0. The van der Waals surface area contributed by atoms with E-state index in [2.05, 4.69) is 21.4 Å². The van der Waals surface area contributed by atoms with Crippen LogP contribution >= 0.6 is 0 Å². The molecule has 0 bridgehead atoms. The fraction of sp³-hybridized carbons (Fsp3) is 0.353. The number of urea groups is 1. The number of carbonyl (C=O) groups is 1. The second-order valence-corrected chi connectivity index (χ2v) is 7.90. The molecule has 1 aromatic carbocycles. The molecule has 1 heterocycles. The maximum Gasteiger partial charge on any atom is 0.333 e. The van der Waals surface area contributed by atoms with E-state index in [-0.39, 0.29) is 51.4 Å². The van der Waals surface area contributed by atoms with Gasteiger partial charge in [0.25, 0.3) is 5.16 Å². The maximum absolute atomic E-state index is 12.3. The Morgan fingerprint density at radius 2 is 1.54 bits per heavy atom. The fourth-order valence-electron chi connectivity index (χ4n) is 3.70. The second kappa shape index (κ2) is 8.03. The Hall–Kier alpha value is -0.844. The van der Waals surface area contributed by atoms with Gasteiger partial charge >= 0.3 is 16.1 Å². The van der Waals surface area contributed by atoms with Crippen molar-refractivity contribution in [1.82, 2.24) is 14.7 Å². The number of carbonyl (C=O) groups excluding carboxylic acids is 1. The molecule has 2 amide bonds. The van der Waals surface area contributed by atoms with Crippen molar-refractivity contribution in [3.63, 3.8) is 0 Å². The van der Waals surface area contributed by atoms with Gasteiger partial charge < -0.3 is 5.32 Å². The third kappa shape index (κ3) is 3.88. The molecule has 0 fully saturated rings. The van der Waals surface area contributed by atoms with E-state index < -0.39 is 21.2 Å². The van der Waals surface area contributed by atoms with Gasteiger partial charge in [-0.25, -0.2) is 19.5 Å². The Morgan fingerprint density at radius 3 is 2.12 bits per heavy atom. The van der Waals surface area contributed by atoms with Crippen LogP contribution in [0.5, 0.6) is 0 Å². The molecule has 2 aliphatic carbocycles. The van der Waals surface area contributed by atoms with Crippen molar-refractivity contribution in [3.8, 4) is 0 Å². The summed E-state index contributed by atoms with van der Waals surface area (Å²) >= 11 is 0. The van der Waals surface area contributed by atoms with E-state index in [0.29, 0.717) is 0 Å². The van der Waals surface area contributed by atoms with Crippen LogP contribution < -0.4 is 10.0 Å². The monoisotopic (exact) mass is 397 g/mol. The van der Waals surface area contributed by atoms with Crippen LogP contribution in [0.1, 0.15) is 35.1 Å². The molecule has 0 saturated heterocycles. The molecule has 1 radical (unpaired) electrons. The molecule has 2 N–H and O–H groups in total. The van der Waals surface area contributed by atoms with Gasteiger partial charge in [-0.3, -0.25) is 0 Å². The molecule has 7 nitrogen and oxygen atoms in total.